The van der Waals surface area contributed by atoms with Crippen LogP contribution in [-0.2, 0) is 14.4 Å². The van der Waals surface area contributed by atoms with Crippen LogP contribution in [0.5, 0.6) is 0 Å². The van der Waals surface area contributed by atoms with Crippen molar-refractivity contribution < 1.29 is 55.4 Å². The van der Waals surface area contributed by atoms with E-state index in [0.717, 1.165) is 12.8 Å². The fraction of sp³-hybridized carbons (Fsp3) is 0.944. The van der Waals surface area contributed by atoms with E-state index in [1.54, 1.807) is 19.9 Å². The molecule has 16 atom stereocenters. The van der Waals surface area contributed by atoms with Gasteiger partial charge in [0.25, 0.3) is 0 Å². The van der Waals surface area contributed by atoms with Gasteiger partial charge >= 0.3 is 0 Å². The van der Waals surface area contributed by atoms with Gasteiger partial charge in [0.15, 0.2) is 6.29 Å². The summed E-state index contributed by atoms with van der Waals surface area (Å²) in [6.07, 6.45) is -1.18. The molecule has 1 heterocycles. The molecule has 0 aromatic rings. The smallest absolute Gasteiger partial charge is 0.187 e. The highest BCUT2D eigenvalue weighted by Gasteiger charge is 2.73. The molecule has 5 aliphatic rings. The van der Waals surface area contributed by atoms with Crippen LogP contribution in [0, 0.1) is 45.3 Å². The third kappa shape index (κ3) is 5.77. The first-order chi connectivity index (χ1) is 21.6. The second kappa shape index (κ2) is 12.5. The molecule has 272 valence electrons. The highest BCUT2D eigenvalue weighted by molar-refractivity contribution is 5.22. The minimum atomic E-state index is -1.60. The monoisotopic (exact) mass is 670 g/mol. The summed E-state index contributed by atoms with van der Waals surface area (Å²) in [4.78, 5) is 4.61. The van der Waals surface area contributed by atoms with Crippen molar-refractivity contribution in [2.75, 3.05) is 6.61 Å². The van der Waals surface area contributed by atoms with Crippen LogP contribution in [0.4, 0.5) is 0 Å². The minimum absolute atomic E-state index is 0.108. The van der Waals surface area contributed by atoms with Gasteiger partial charge in [-0.05, 0) is 111 Å². The fourth-order valence-corrected chi connectivity index (χ4v) is 11.9. The van der Waals surface area contributed by atoms with Crippen molar-refractivity contribution in [2.24, 2.45) is 45.3 Å². The summed E-state index contributed by atoms with van der Waals surface area (Å²) in [6, 6.07) is 0. The van der Waals surface area contributed by atoms with Crippen LogP contribution in [0.25, 0.3) is 0 Å². The lowest BCUT2D eigenvalue weighted by atomic mass is 9.34. The number of ether oxygens (including phenoxy) is 2. The van der Waals surface area contributed by atoms with Crippen LogP contribution in [0.2, 0.25) is 0 Å². The van der Waals surface area contributed by atoms with Crippen LogP contribution in [0.15, 0.2) is 12.2 Å². The normalized spacial score (nSPS) is 51.2. The van der Waals surface area contributed by atoms with E-state index in [-0.39, 0.29) is 40.9 Å². The lowest BCUT2D eigenvalue weighted by Crippen LogP contribution is -2.70. The lowest BCUT2D eigenvalue weighted by molar-refractivity contribution is -0.335. The zero-order valence-corrected chi connectivity index (χ0v) is 29.5. The van der Waals surface area contributed by atoms with Gasteiger partial charge in [0.05, 0.1) is 30.5 Å². The van der Waals surface area contributed by atoms with Crippen molar-refractivity contribution in [1.29, 1.82) is 0 Å². The molecule has 1 aliphatic heterocycles. The van der Waals surface area contributed by atoms with Gasteiger partial charge in [-0.2, -0.15) is 0 Å². The van der Waals surface area contributed by atoms with Crippen LogP contribution in [0.1, 0.15) is 100 Å². The summed E-state index contributed by atoms with van der Waals surface area (Å²) in [6.45, 7) is 15.7. The van der Waals surface area contributed by atoms with Crippen molar-refractivity contribution in [3.05, 3.63) is 12.2 Å². The molecule has 5 rings (SSSR count). The Morgan fingerprint density at radius 3 is 2.13 bits per heavy atom. The van der Waals surface area contributed by atoms with Crippen molar-refractivity contribution in [3.63, 3.8) is 0 Å². The lowest BCUT2D eigenvalue weighted by Gasteiger charge is -2.71. The Balaban J connectivity index is 1.52. The summed E-state index contributed by atoms with van der Waals surface area (Å²) in [5.41, 5.74) is -3.53. The summed E-state index contributed by atoms with van der Waals surface area (Å²) in [5.74, 6) is -0.486. The molecule has 8 N–H and O–H groups in total. The van der Waals surface area contributed by atoms with Crippen LogP contribution in [0.3, 0.4) is 0 Å². The Kier molecular flexibility index (Phi) is 10.00. The second-order valence-electron chi connectivity index (χ2n) is 17.9. The topological polar surface area (TPSA) is 190 Å². The zero-order valence-electron chi connectivity index (χ0n) is 29.5. The van der Waals surface area contributed by atoms with Gasteiger partial charge in [0, 0.05) is 0 Å². The molecule has 0 unspecified atom stereocenters. The predicted molar refractivity (Wildman–Crippen MR) is 173 cm³/mol. The Bertz CT molecular complexity index is 1160. The Hall–Kier alpha value is -0.700. The van der Waals surface area contributed by atoms with E-state index in [1.165, 1.54) is 0 Å². The first-order valence-electron chi connectivity index (χ1n) is 17.7. The van der Waals surface area contributed by atoms with E-state index < -0.39 is 77.7 Å². The zero-order chi connectivity index (χ0) is 35.1. The van der Waals surface area contributed by atoms with E-state index in [2.05, 4.69) is 39.5 Å². The quantitative estimate of drug-likeness (QED) is 0.108. The minimum Gasteiger partial charge on any atom is -0.394 e. The number of aliphatic hydroxyl groups excluding tert-OH is 7. The van der Waals surface area contributed by atoms with E-state index in [0.29, 0.717) is 25.7 Å². The molecule has 0 radical (unpaired) electrons. The standard InChI is InChI=1S/C36H62O11/c1-31(2,47-44)12-9-13-36(8,46-30-28(43)27(42)26(41)22(18-37)45-30)19-10-15-34(6)25(19)20(38)16-23-33(5)14-11-24(40)32(3,4)29(33)21(39)17-35(23,34)7/h9,12,19-30,37-44H,10-11,13-18H2,1-8H3/b12-9+/t19-,20+,21-,22+,23+,24+,25-,26+,27-,28+,29+,30+,33-,34+,35+,36+/m0/s1. The molecule has 11 nitrogen and oxygen atoms in total. The first-order valence-corrected chi connectivity index (χ1v) is 17.7. The average Bonchev–Trinajstić information content (AvgIpc) is 3.37. The molecular formula is C36H62O11. The van der Waals surface area contributed by atoms with Crippen LogP contribution >= 0.6 is 0 Å². The van der Waals surface area contributed by atoms with E-state index in [4.69, 9.17) is 9.47 Å². The second-order valence-corrected chi connectivity index (χ2v) is 17.9. The SMILES string of the molecule is CC(C)(/C=C/C[C@@](C)(O[C@H]1O[C@H](CO)[C@@H](O)[C@H](O)[C@H]1O)[C@H]1CC[C@]2(C)[C@@H]1[C@H](O)C[C@@H]1[C@]3(C)CC[C@@H](O)C(C)(C)[C@H]3[C@@H](O)C[C@]12C)OO. The number of rotatable bonds is 8. The first kappa shape index (κ1) is 37.6. The third-order valence-electron chi connectivity index (χ3n) is 14.5. The van der Waals surface area contributed by atoms with Crippen molar-refractivity contribution in [2.45, 2.75) is 161 Å². The maximum absolute atomic E-state index is 12.3. The van der Waals surface area contributed by atoms with Gasteiger partial charge < -0.3 is 45.2 Å². The van der Waals surface area contributed by atoms with Gasteiger partial charge in [-0.25, -0.2) is 4.89 Å². The van der Waals surface area contributed by atoms with Crippen molar-refractivity contribution in [3.8, 4) is 0 Å². The molecular weight excluding hydrogens is 608 g/mol. The molecule has 0 spiro atoms. The highest BCUT2D eigenvalue weighted by Crippen LogP contribution is 2.76. The molecule has 11 heteroatoms. The maximum atomic E-state index is 12.3. The molecule has 4 saturated carbocycles. The van der Waals surface area contributed by atoms with Gasteiger partial charge in [-0.3, -0.25) is 5.26 Å². The molecule has 5 fully saturated rings. The summed E-state index contributed by atoms with van der Waals surface area (Å²) < 4.78 is 12.5. The third-order valence-corrected chi connectivity index (χ3v) is 14.5. The Morgan fingerprint density at radius 1 is 0.851 bits per heavy atom. The molecule has 4 aliphatic carbocycles. The van der Waals surface area contributed by atoms with Crippen LogP contribution < -0.4 is 0 Å². The van der Waals surface area contributed by atoms with Gasteiger partial charge in [0.1, 0.15) is 30.0 Å². The Labute approximate surface area is 279 Å². The summed E-state index contributed by atoms with van der Waals surface area (Å²) in [7, 11) is 0. The van der Waals surface area contributed by atoms with Crippen molar-refractivity contribution >= 4 is 0 Å². The van der Waals surface area contributed by atoms with E-state index in [1.807, 2.05) is 13.0 Å². The van der Waals surface area contributed by atoms with Gasteiger partial charge in [-0.1, -0.05) is 46.8 Å². The van der Waals surface area contributed by atoms with Gasteiger partial charge in [0.2, 0.25) is 0 Å². The number of hydrogen-bond acceptors (Lipinski definition) is 11. The molecule has 1 saturated heterocycles. The molecule has 0 amide bonds. The number of fused-ring (bicyclic) bond motifs is 5. The summed E-state index contributed by atoms with van der Waals surface area (Å²) in [5, 5.41) is 86.4. The number of hydrogen-bond donors (Lipinski definition) is 8. The van der Waals surface area contributed by atoms with Gasteiger partial charge in [-0.15, -0.1) is 0 Å². The average molecular weight is 671 g/mol. The van der Waals surface area contributed by atoms with E-state index >= 15 is 0 Å². The van der Waals surface area contributed by atoms with Crippen molar-refractivity contribution in [1.82, 2.24) is 0 Å². The molecule has 47 heavy (non-hydrogen) atoms. The Morgan fingerprint density at radius 2 is 1.51 bits per heavy atom. The van der Waals surface area contributed by atoms with E-state index in [9.17, 15) is 41.0 Å². The van der Waals surface area contributed by atoms with Crippen LogP contribution in [-0.4, -0.2) is 108 Å². The molecule has 0 bridgehead atoms. The number of aliphatic hydroxyl groups is 7. The molecule has 0 aromatic heterocycles. The fourth-order valence-electron chi connectivity index (χ4n) is 11.9. The predicted octanol–water partition coefficient (Wildman–Crippen LogP) is 2.76. The molecule has 0 aromatic carbocycles. The largest absolute Gasteiger partial charge is 0.394 e. The summed E-state index contributed by atoms with van der Waals surface area (Å²) >= 11 is 0. The highest BCUT2D eigenvalue weighted by atomic mass is 17.1. The maximum Gasteiger partial charge on any atom is 0.187 e.